The lowest BCUT2D eigenvalue weighted by Gasteiger charge is -2.32. The summed E-state index contributed by atoms with van der Waals surface area (Å²) in [6.45, 7) is 5.02. The number of rotatable bonds is 10. The van der Waals surface area contributed by atoms with Crippen LogP contribution in [0.5, 0.6) is 0 Å². The van der Waals surface area contributed by atoms with Gasteiger partial charge in [-0.2, -0.15) is 4.31 Å². The van der Waals surface area contributed by atoms with Crippen LogP contribution in [0.15, 0.2) is 65.6 Å². The lowest BCUT2D eigenvalue weighted by atomic mass is 10.1. The molecule has 198 valence electrons. The van der Waals surface area contributed by atoms with E-state index in [1.165, 1.54) is 18.0 Å². The normalized spacial score (nSPS) is 12.6. The molecule has 0 fully saturated rings. The Morgan fingerprint density at radius 3 is 2.27 bits per heavy atom. The molecule has 1 N–H and O–H groups in total. The molecular weight excluding hydrogens is 533 g/mol. The van der Waals surface area contributed by atoms with E-state index in [0.29, 0.717) is 22.0 Å². The molecule has 0 unspecified atom stereocenters. The lowest BCUT2D eigenvalue weighted by Crippen LogP contribution is -2.52. The van der Waals surface area contributed by atoms with Gasteiger partial charge in [0.1, 0.15) is 6.04 Å². The van der Waals surface area contributed by atoms with Crippen molar-refractivity contribution in [3.05, 3.63) is 76.3 Å². The Hall–Kier alpha value is -2.65. The molecule has 0 heterocycles. The summed E-state index contributed by atoms with van der Waals surface area (Å²) in [5.74, 6) is -0.848. The maximum absolute atomic E-state index is 13.6. The van der Waals surface area contributed by atoms with E-state index in [2.05, 4.69) is 5.32 Å². The first kappa shape index (κ1) is 28.9. The molecule has 0 saturated carbocycles. The molecule has 37 heavy (non-hydrogen) atoms. The van der Waals surface area contributed by atoms with Crippen LogP contribution in [-0.2, 0) is 26.2 Å². The molecule has 3 rings (SSSR count). The maximum atomic E-state index is 13.6. The van der Waals surface area contributed by atoms with E-state index in [1.807, 2.05) is 38.1 Å². The molecule has 0 saturated heterocycles. The van der Waals surface area contributed by atoms with Gasteiger partial charge in [0.15, 0.2) is 0 Å². The van der Waals surface area contributed by atoms with E-state index >= 15 is 0 Å². The number of nitrogens with one attached hydrogen (secondary N) is 1. The monoisotopic (exact) mass is 563 g/mol. The third-order valence-corrected chi connectivity index (χ3v) is 8.35. The molecule has 0 aromatic heterocycles. The number of hydrogen-bond acceptors (Lipinski definition) is 4. The highest BCUT2D eigenvalue weighted by atomic mass is 35.5. The molecule has 0 aliphatic rings. The number of hydrogen-bond donors (Lipinski definition) is 1. The Morgan fingerprint density at radius 2 is 1.65 bits per heavy atom. The molecule has 10 heteroatoms. The van der Waals surface area contributed by atoms with Crippen molar-refractivity contribution >= 4 is 55.8 Å². The Kier molecular flexibility index (Phi) is 9.58. The van der Waals surface area contributed by atoms with E-state index in [4.69, 9.17) is 23.2 Å². The smallest absolute Gasteiger partial charge is 0.243 e. The first-order chi connectivity index (χ1) is 17.4. The largest absolute Gasteiger partial charge is 0.352 e. The van der Waals surface area contributed by atoms with Crippen molar-refractivity contribution in [3.63, 3.8) is 0 Å². The van der Waals surface area contributed by atoms with Crippen LogP contribution < -0.4 is 5.32 Å². The maximum Gasteiger partial charge on any atom is 0.243 e. The number of benzene rings is 3. The number of sulfonamides is 1. The zero-order chi connectivity index (χ0) is 27.3. The number of carbonyl (C=O) groups excluding carboxylic acids is 2. The van der Waals surface area contributed by atoms with Crippen LogP contribution >= 0.6 is 23.2 Å². The van der Waals surface area contributed by atoms with Crippen LogP contribution in [0.25, 0.3) is 10.8 Å². The summed E-state index contributed by atoms with van der Waals surface area (Å²) in [5, 5.41) is 5.32. The van der Waals surface area contributed by atoms with Gasteiger partial charge in [0.05, 0.1) is 11.4 Å². The molecule has 7 nitrogen and oxygen atoms in total. The Morgan fingerprint density at radius 1 is 0.973 bits per heavy atom. The highest BCUT2D eigenvalue weighted by Gasteiger charge is 2.32. The van der Waals surface area contributed by atoms with Crippen molar-refractivity contribution < 1.29 is 18.0 Å². The van der Waals surface area contributed by atoms with E-state index in [-0.39, 0.29) is 23.4 Å². The fourth-order valence-electron chi connectivity index (χ4n) is 4.01. The highest BCUT2D eigenvalue weighted by Crippen LogP contribution is 2.25. The predicted molar refractivity (Wildman–Crippen MR) is 148 cm³/mol. The second kappa shape index (κ2) is 12.3. The number of carbonyl (C=O) groups is 2. The van der Waals surface area contributed by atoms with E-state index in [0.717, 1.165) is 15.1 Å². The first-order valence-corrected chi connectivity index (χ1v) is 14.1. The fourth-order valence-corrected chi connectivity index (χ4v) is 5.63. The van der Waals surface area contributed by atoms with Crippen molar-refractivity contribution in [1.29, 1.82) is 0 Å². The third kappa shape index (κ3) is 7.02. The summed E-state index contributed by atoms with van der Waals surface area (Å²) in [6.07, 6.45) is 0.330. The predicted octanol–water partition coefficient (Wildman–Crippen LogP) is 5.10. The molecule has 0 spiro atoms. The Balaban J connectivity index is 1.91. The van der Waals surface area contributed by atoms with Gasteiger partial charge < -0.3 is 10.2 Å². The summed E-state index contributed by atoms with van der Waals surface area (Å²) in [6, 6.07) is 16.2. The number of fused-ring (bicyclic) bond motifs is 1. The molecular formula is C27H31Cl2N3O4S. The van der Waals surface area contributed by atoms with Crippen LogP contribution in [-0.4, -0.2) is 55.1 Å². The number of amides is 2. The van der Waals surface area contributed by atoms with Crippen LogP contribution in [0, 0.1) is 0 Å². The van der Waals surface area contributed by atoms with Gasteiger partial charge in [0.25, 0.3) is 0 Å². The molecule has 0 radical (unpaired) electrons. The van der Waals surface area contributed by atoms with Gasteiger partial charge in [-0.05, 0) is 60.9 Å². The minimum Gasteiger partial charge on any atom is -0.352 e. The summed E-state index contributed by atoms with van der Waals surface area (Å²) in [7, 11) is -2.62. The van der Waals surface area contributed by atoms with Gasteiger partial charge in [-0.15, -0.1) is 0 Å². The van der Waals surface area contributed by atoms with Crippen molar-refractivity contribution in [2.24, 2.45) is 0 Å². The topological polar surface area (TPSA) is 86.8 Å². The molecule has 0 aliphatic heterocycles. The van der Waals surface area contributed by atoms with E-state index < -0.39 is 28.5 Å². The average Bonchev–Trinajstić information content (AvgIpc) is 2.84. The minimum atomic E-state index is -3.98. The Labute approximate surface area is 228 Å². The molecule has 3 aromatic rings. The lowest BCUT2D eigenvalue weighted by molar-refractivity contribution is -0.141. The van der Waals surface area contributed by atoms with Gasteiger partial charge in [-0.3, -0.25) is 9.59 Å². The molecule has 2 amide bonds. The summed E-state index contributed by atoms with van der Waals surface area (Å²) < 4.78 is 27.7. The van der Waals surface area contributed by atoms with Crippen LogP contribution in [0.2, 0.25) is 10.0 Å². The molecule has 1 atom stereocenters. The molecule has 0 aliphatic carbocycles. The number of halogens is 2. The van der Waals surface area contributed by atoms with Gasteiger partial charge in [0.2, 0.25) is 21.8 Å². The third-order valence-electron chi connectivity index (χ3n) is 5.96. The van der Waals surface area contributed by atoms with Crippen LogP contribution in [0.1, 0.15) is 32.8 Å². The first-order valence-electron chi connectivity index (χ1n) is 11.9. The van der Waals surface area contributed by atoms with Crippen molar-refractivity contribution in [2.45, 2.75) is 50.7 Å². The summed E-state index contributed by atoms with van der Waals surface area (Å²) in [5.41, 5.74) is 0.593. The van der Waals surface area contributed by atoms with Gasteiger partial charge >= 0.3 is 0 Å². The zero-order valence-corrected chi connectivity index (χ0v) is 23.6. The number of likely N-dealkylation sites (N-methyl/N-ethyl adjacent to an activating group) is 1. The average molecular weight is 565 g/mol. The second-order valence-electron chi connectivity index (χ2n) is 9.11. The molecule has 0 bridgehead atoms. The standard InChI is InChI=1S/C27H31Cl2N3O4S/c1-5-25(27(34)30-18(2)3)32(16-21-10-12-22(28)15-24(21)29)26(33)17-31(4)37(35,36)23-13-11-19-8-6-7-9-20(19)14-23/h6-15,18,25H,5,16-17H2,1-4H3,(H,30,34)/t25-/m1/s1. The van der Waals surface area contributed by atoms with Gasteiger partial charge in [0, 0.05) is 29.7 Å². The van der Waals surface area contributed by atoms with E-state index in [9.17, 15) is 18.0 Å². The van der Waals surface area contributed by atoms with Crippen molar-refractivity contribution in [2.75, 3.05) is 13.6 Å². The SMILES string of the molecule is CC[C@H](C(=O)NC(C)C)N(Cc1ccc(Cl)cc1Cl)C(=O)CN(C)S(=O)(=O)c1ccc2ccccc2c1. The fraction of sp³-hybridized carbons (Fsp3) is 0.333. The molecule has 3 aromatic carbocycles. The summed E-state index contributed by atoms with van der Waals surface area (Å²) >= 11 is 12.4. The van der Waals surface area contributed by atoms with Crippen molar-refractivity contribution in [1.82, 2.24) is 14.5 Å². The number of nitrogens with zero attached hydrogens (tertiary/aromatic N) is 2. The van der Waals surface area contributed by atoms with Crippen LogP contribution in [0.3, 0.4) is 0 Å². The summed E-state index contributed by atoms with van der Waals surface area (Å²) in [4.78, 5) is 28.0. The highest BCUT2D eigenvalue weighted by molar-refractivity contribution is 7.89. The van der Waals surface area contributed by atoms with E-state index in [1.54, 1.807) is 37.3 Å². The van der Waals surface area contributed by atoms with Gasteiger partial charge in [-0.25, -0.2) is 8.42 Å². The van der Waals surface area contributed by atoms with Crippen molar-refractivity contribution in [3.8, 4) is 0 Å². The Bertz CT molecular complexity index is 1400. The zero-order valence-electron chi connectivity index (χ0n) is 21.2. The van der Waals surface area contributed by atoms with Gasteiger partial charge in [-0.1, -0.05) is 66.5 Å². The van der Waals surface area contributed by atoms with Crippen LogP contribution in [0.4, 0.5) is 0 Å². The quantitative estimate of drug-likeness (QED) is 0.371. The minimum absolute atomic E-state index is 0.0166. The second-order valence-corrected chi connectivity index (χ2v) is 12.0.